The average molecular weight is 255 g/mol. The Hall–Kier alpha value is -1.23. The van der Waals surface area contributed by atoms with Crippen LogP contribution in [0.25, 0.3) is 0 Å². The molecule has 0 aromatic heterocycles. The van der Waals surface area contributed by atoms with Crippen molar-refractivity contribution in [3.8, 4) is 0 Å². The minimum Gasteiger partial charge on any atom is -0.465 e. The predicted octanol–water partition coefficient (Wildman–Crippen LogP) is 2.53. The van der Waals surface area contributed by atoms with Gasteiger partial charge >= 0.3 is 5.97 Å². The quantitative estimate of drug-likeness (QED) is 0.842. The van der Waals surface area contributed by atoms with E-state index in [1.807, 2.05) is 11.8 Å². The van der Waals surface area contributed by atoms with Crippen molar-refractivity contribution in [3.63, 3.8) is 0 Å². The van der Waals surface area contributed by atoms with E-state index in [0.717, 1.165) is 17.9 Å². The van der Waals surface area contributed by atoms with Gasteiger partial charge in [-0.15, -0.1) is 0 Å². The van der Waals surface area contributed by atoms with Gasteiger partial charge in [-0.1, -0.05) is 0 Å². The number of esters is 1. The van der Waals surface area contributed by atoms with E-state index in [1.165, 1.54) is 25.3 Å². The number of thioether (sulfide) groups is 1. The van der Waals surface area contributed by atoms with Crippen LogP contribution in [-0.4, -0.2) is 30.6 Å². The summed E-state index contributed by atoms with van der Waals surface area (Å²) in [6, 6.07) is 4.35. The van der Waals surface area contributed by atoms with E-state index in [-0.39, 0.29) is 5.82 Å². The van der Waals surface area contributed by atoms with Gasteiger partial charge in [0.1, 0.15) is 5.82 Å². The SMILES string of the molecule is COC(=O)c1ccc(F)cc1NC1CCSC1. The maximum atomic E-state index is 13.2. The van der Waals surface area contributed by atoms with Crippen molar-refractivity contribution in [2.45, 2.75) is 12.5 Å². The molecule has 5 heteroatoms. The molecule has 0 spiro atoms. The number of nitrogens with one attached hydrogen (secondary N) is 1. The highest BCUT2D eigenvalue weighted by Crippen LogP contribution is 2.24. The van der Waals surface area contributed by atoms with Crippen molar-refractivity contribution in [2.75, 3.05) is 23.9 Å². The molecule has 3 nitrogen and oxygen atoms in total. The van der Waals surface area contributed by atoms with Gasteiger partial charge in [0, 0.05) is 11.8 Å². The molecule has 0 bridgehead atoms. The summed E-state index contributed by atoms with van der Waals surface area (Å²) in [5.41, 5.74) is 0.898. The molecule has 0 amide bonds. The molecular weight excluding hydrogens is 241 g/mol. The summed E-state index contributed by atoms with van der Waals surface area (Å²) in [5.74, 6) is 1.28. The fourth-order valence-electron chi connectivity index (χ4n) is 1.79. The summed E-state index contributed by atoms with van der Waals surface area (Å²) in [6.07, 6.45) is 1.03. The molecule has 1 heterocycles. The number of halogens is 1. The van der Waals surface area contributed by atoms with Gasteiger partial charge < -0.3 is 10.1 Å². The van der Waals surface area contributed by atoms with Crippen LogP contribution in [0.3, 0.4) is 0 Å². The first-order valence-corrected chi connectivity index (χ1v) is 6.58. The van der Waals surface area contributed by atoms with Gasteiger partial charge in [-0.3, -0.25) is 0 Å². The van der Waals surface area contributed by atoms with E-state index in [9.17, 15) is 9.18 Å². The zero-order valence-electron chi connectivity index (χ0n) is 9.53. The third-order valence-corrected chi connectivity index (χ3v) is 3.84. The van der Waals surface area contributed by atoms with Crippen LogP contribution in [0, 0.1) is 5.82 Å². The number of ether oxygens (including phenoxy) is 1. The lowest BCUT2D eigenvalue weighted by atomic mass is 10.1. The van der Waals surface area contributed by atoms with Crippen molar-refractivity contribution in [1.29, 1.82) is 0 Å². The lowest BCUT2D eigenvalue weighted by Crippen LogP contribution is -2.20. The van der Waals surface area contributed by atoms with Crippen LogP contribution in [0.2, 0.25) is 0 Å². The fraction of sp³-hybridized carbons (Fsp3) is 0.417. The molecule has 1 atom stereocenters. The van der Waals surface area contributed by atoms with Gasteiger partial charge in [0.2, 0.25) is 0 Å². The molecule has 92 valence electrons. The van der Waals surface area contributed by atoms with Crippen LogP contribution in [0.15, 0.2) is 18.2 Å². The molecule has 17 heavy (non-hydrogen) atoms. The Morgan fingerprint density at radius 1 is 1.59 bits per heavy atom. The van der Waals surface area contributed by atoms with E-state index in [0.29, 0.717) is 17.3 Å². The number of carbonyl (C=O) groups is 1. The van der Waals surface area contributed by atoms with Gasteiger partial charge in [-0.25, -0.2) is 9.18 Å². The first-order chi connectivity index (χ1) is 8.20. The summed E-state index contributed by atoms with van der Waals surface area (Å²) in [7, 11) is 1.32. The topological polar surface area (TPSA) is 38.3 Å². The van der Waals surface area contributed by atoms with Gasteiger partial charge in [0.25, 0.3) is 0 Å². The predicted molar refractivity (Wildman–Crippen MR) is 67.1 cm³/mol. The maximum absolute atomic E-state index is 13.2. The second-order valence-electron chi connectivity index (χ2n) is 3.89. The van der Waals surface area contributed by atoms with Crippen LogP contribution in [-0.2, 0) is 4.74 Å². The molecule has 1 unspecified atom stereocenters. The molecule has 1 aromatic carbocycles. The Labute approximate surface area is 104 Å². The summed E-state index contributed by atoms with van der Waals surface area (Å²) in [6.45, 7) is 0. The summed E-state index contributed by atoms with van der Waals surface area (Å²) in [5, 5.41) is 3.20. The molecule has 1 aromatic rings. The Morgan fingerprint density at radius 2 is 2.41 bits per heavy atom. The highest BCUT2D eigenvalue weighted by Gasteiger charge is 2.19. The molecule has 0 aliphatic carbocycles. The zero-order chi connectivity index (χ0) is 12.3. The van der Waals surface area contributed by atoms with Gasteiger partial charge in [-0.2, -0.15) is 11.8 Å². The van der Waals surface area contributed by atoms with E-state index in [1.54, 1.807) is 0 Å². The zero-order valence-corrected chi connectivity index (χ0v) is 10.3. The first-order valence-electron chi connectivity index (χ1n) is 5.43. The number of anilines is 1. The van der Waals surface area contributed by atoms with Crippen LogP contribution >= 0.6 is 11.8 Å². The lowest BCUT2D eigenvalue weighted by Gasteiger charge is -2.15. The second kappa shape index (κ2) is 5.40. The first kappa shape index (κ1) is 12.2. The molecule has 1 N–H and O–H groups in total. The van der Waals surface area contributed by atoms with Gasteiger partial charge in [0.15, 0.2) is 0 Å². The minimum absolute atomic E-state index is 0.296. The molecule has 0 saturated carbocycles. The van der Waals surface area contributed by atoms with Crippen molar-refractivity contribution >= 4 is 23.4 Å². The third kappa shape index (κ3) is 2.91. The van der Waals surface area contributed by atoms with Crippen LogP contribution in [0.1, 0.15) is 16.8 Å². The Kier molecular flexibility index (Phi) is 3.89. The summed E-state index contributed by atoms with van der Waals surface area (Å²) >= 11 is 1.85. The van der Waals surface area contributed by atoms with Gasteiger partial charge in [0.05, 0.1) is 18.4 Å². The molecule has 0 radical (unpaired) electrons. The monoisotopic (exact) mass is 255 g/mol. The van der Waals surface area contributed by atoms with E-state index in [2.05, 4.69) is 10.1 Å². The van der Waals surface area contributed by atoms with Crippen LogP contribution in [0.4, 0.5) is 10.1 Å². The standard InChI is InChI=1S/C12H14FNO2S/c1-16-12(15)10-3-2-8(13)6-11(10)14-9-4-5-17-7-9/h2-3,6,9,14H,4-5,7H2,1H3. The lowest BCUT2D eigenvalue weighted by molar-refractivity contribution is 0.0602. The highest BCUT2D eigenvalue weighted by atomic mass is 32.2. The van der Waals surface area contributed by atoms with Crippen LogP contribution < -0.4 is 5.32 Å². The Bertz CT molecular complexity index is 419. The van der Waals surface area contributed by atoms with Crippen LogP contribution in [0.5, 0.6) is 0 Å². The maximum Gasteiger partial charge on any atom is 0.339 e. The Balaban J connectivity index is 2.22. The van der Waals surface area contributed by atoms with Crippen molar-refractivity contribution in [3.05, 3.63) is 29.6 Å². The highest BCUT2D eigenvalue weighted by molar-refractivity contribution is 7.99. The number of rotatable bonds is 3. The normalized spacial score (nSPS) is 19.1. The molecular formula is C12H14FNO2S. The smallest absolute Gasteiger partial charge is 0.339 e. The number of methoxy groups -OCH3 is 1. The summed E-state index contributed by atoms with van der Waals surface area (Å²) in [4.78, 5) is 11.5. The molecule has 1 aliphatic heterocycles. The summed E-state index contributed by atoms with van der Waals surface area (Å²) < 4.78 is 17.9. The molecule has 2 rings (SSSR count). The second-order valence-corrected chi connectivity index (χ2v) is 5.04. The largest absolute Gasteiger partial charge is 0.465 e. The van der Waals surface area contributed by atoms with Crippen molar-refractivity contribution < 1.29 is 13.9 Å². The third-order valence-electron chi connectivity index (χ3n) is 2.68. The van der Waals surface area contributed by atoms with Gasteiger partial charge in [-0.05, 0) is 30.4 Å². The molecule has 1 saturated heterocycles. The van der Waals surface area contributed by atoms with E-state index < -0.39 is 5.97 Å². The van der Waals surface area contributed by atoms with Crippen molar-refractivity contribution in [1.82, 2.24) is 0 Å². The van der Waals surface area contributed by atoms with E-state index in [4.69, 9.17) is 0 Å². The average Bonchev–Trinajstić information content (AvgIpc) is 2.81. The van der Waals surface area contributed by atoms with Crippen molar-refractivity contribution in [2.24, 2.45) is 0 Å². The van der Waals surface area contributed by atoms with E-state index >= 15 is 0 Å². The number of hydrogen-bond acceptors (Lipinski definition) is 4. The number of hydrogen-bond donors (Lipinski definition) is 1. The molecule has 1 aliphatic rings. The number of carbonyl (C=O) groups excluding carboxylic acids is 1. The minimum atomic E-state index is -0.446. The number of benzene rings is 1. The molecule has 1 fully saturated rings. The fourth-order valence-corrected chi connectivity index (χ4v) is 2.94. The Morgan fingerprint density at radius 3 is 3.06 bits per heavy atom.